The average molecular weight is 592 g/mol. The molecular formula is C26H17F9N2O4. The molecule has 218 valence electrons. The van der Waals surface area contributed by atoms with Crippen LogP contribution in [0.3, 0.4) is 0 Å². The molecule has 3 aromatic carbocycles. The van der Waals surface area contributed by atoms with Gasteiger partial charge in [-0.05, 0) is 35.0 Å². The standard InChI is InChI=1S/C26H17F9N2O4/c1-40-21(38)12-36-22(39)19-7-6-18(16-4-2-3-5-17(16)19)20-11-23(41-37-20,26(33,34)35)13-8-14(24(27,28)29)10-15(9-13)25(30,31)32/h2-10H,11-12H2,1H3,(H,36,39). The van der Waals surface area contributed by atoms with E-state index in [9.17, 15) is 49.1 Å². The van der Waals surface area contributed by atoms with Crippen molar-refractivity contribution in [1.29, 1.82) is 0 Å². The van der Waals surface area contributed by atoms with Crippen molar-refractivity contribution >= 4 is 28.4 Å². The van der Waals surface area contributed by atoms with Crippen LogP contribution >= 0.6 is 0 Å². The van der Waals surface area contributed by atoms with Gasteiger partial charge >= 0.3 is 24.5 Å². The summed E-state index contributed by atoms with van der Waals surface area (Å²) >= 11 is 0. The predicted octanol–water partition coefficient (Wildman–Crippen LogP) is 6.36. The van der Waals surface area contributed by atoms with Crippen molar-refractivity contribution in [1.82, 2.24) is 5.32 Å². The number of halogens is 9. The molecule has 4 rings (SSSR count). The highest BCUT2D eigenvalue weighted by Gasteiger charge is 2.63. The number of oxime groups is 1. The zero-order valence-corrected chi connectivity index (χ0v) is 20.6. The molecular weight excluding hydrogens is 575 g/mol. The number of esters is 1. The molecule has 0 spiro atoms. The van der Waals surface area contributed by atoms with Crippen LogP contribution in [0, 0.1) is 0 Å². The summed E-state index contributed by atoms with van der Waals surface area (Å²) in [6.07, 6.45) is -17.6. The maximum absolute atomic E-state index is 14.5. The Balaban J connectivity index is 1.80. The van der Waals surface area contributed by atoms with Crippen LogP contribution in [0.15, 0.2) is 59.8 Å². The van der Waals surface area contributed by atoms with E-state index >= 15 is 0 Å². The van der Waals surface area contributed by atoms with Gasteiger partial charge in [0.15, 0.2) is 0 Å². The summed E-state index contributed by atoms with van der Waals surface area (Å²) in [6, 6.07) is 7.90. The molecule has 3 aromatic rings. The Kier molecular flexibility index (Phi) is 7.43. The molecule has 0 radical (unpaired) electrons. The van der Waals surface area contributed by atoms with E-state index in [1.54, 1.807) is 0 Å². The van der Waals surface area contributed by atoms with Crippen LogP contribution in [0.25, 0.3) is 10.8 Å². The monoisotopic (exact) mass is 592 g/mol. The van der Waals surface area contributed by atoms with E-state index < -0.39 is 71.4 Å². The van der Waals surface area contributed by atoms with Gasteiger partial charge in [-0.25, -0.2) is 0 Å². The third-order valence-electron chi connectivity index (χ3n) is 6.34. The van der Waals surface area contributed by atoms with Gasteiger partial charge < -0.3 is 14.9 Å². The minimum Gasteiger partial charge on any atom is -0.468 e. The first-order chi connectivity index (χ1) is 19.0. The lowest BCUT2D eigenvalue weighted by atomic mass is 9.83. The fraction of sp³-hybridized carbons (Fsp3) is 0.269. The number of fused-ring (bicyclic) bond motifs is 1. The van der Waals surface area contributed by atoms with Gasteiger partial charge in [0.05, 0.1) is 23.9 Å². The molecule has 1 aliphatic rings. The summed E-state index contributed by atoms with van der Waals surface area (Å²) in [5.74, 6) is -1.47. The summed E-state index contributed by atoms with van der Waals surface area (Å²) < 4.78 is 128. The van der Waals surface area contributed by atoms with Crippen LogP contribution in [0.4, 0.5) is 39.5 Å². The second-order valence-electron chi connectivity index (χ2n) is 8.89. The Hall–Kier alpha value is -4.30. The van der Waals surface area contributed by atoms with Crippen LogP contribution in [0.2, 0.25) is 0 Å². The SMILES string of the molecule is COC(=O)CNC(=O)c1ccc(C2=NOC(c3cc(C(F)(F)F)cc(C(F)(F)F)c3)(C(F)(F)F)C2)c2ccccc12. The van der Waals surface area contributed by atoms with E-state index in [1.807, 2.05) is 0 Å². The van der Waals surface area contributed by atoms with Gasteiger partial charge in [0.1, 0.15) is 6.54 Å². The summed E-state index contributed by atoms with van der Waals surface area (Å²) in [5, 5.41) is 6.16. The zero-order chi connectivity index (χ0) is 30.4. The summed E-state index contributed by atoms with van der Waals surface area (Å²) in [4.78, 5) is 28.7. The smallest absolute Gasteiger partial charge is 0.435 e. The minimum absolute atomic E-state index is 0.0146. The molecule has 0 bridgehead atoms. The maximum atomic E-state index is 14.5. The Morgan fingerprint density at radius 1 is 0.902 bits per heavy atom. The van der Waals surface area contributed by atoms with Crippen LogP contribution in [-0.2, 0) is 32.3 Å². The molecule has 6 nitrogen and oxygen atoms in total. The lowest BCUT2D eigenvalue weighted by molar-refractivity contribution is -0.276. The highest BCUT2D eigenvalue weighted by molar-refractivity contribution is 6.16. The highest BCUT2D eigenvalue weighted by Crippen LogP contribution is 2.51. The Labute approximate surface area is 224 Å². The van der Waals surface area contributed by atoms with E-state index in [1.165, 1.54) is 36.4 Å². The number of rotatable bonds is 5. The van der Waals surface area contributed by atoms with Gasteiger partial charge in [0.2, 0.25) is 0 Å². The second-order valence-corrected chi connectivity index (χ2v) is 8.89. The van der Waals surface area contributed by atoms with Crippen molar-refractivity contribution in [2.24, 2.45) is 5.16 Å². The fourth-order valence-electron chi connectivity index (χ4n) is 4.30. The third-order valence-corrected chi connectivity index (χ3v) is 6.34. The van der Waals surface area contributed by atoms with E-state index in [0.29, 0.717) is 0 Å². The molecule has 1 unspecified atom stereocenters. The first kappa shape index (κ1) is 29.7. The van der Waals surface area contributed by atoms with Crippen LogP contribution in [0.5, 0.6) is 0 Å². The summed E-state index contributed by atoms with van der Waals surface area (Å²) in [7, 11) is 1.10. The third kappa shape index (κ3) is 5.65. The average Bonchev–Trinajstić information content (AvgIpc) is 3.36. The van der Waals surface area contributed by atoms with E-state index in [2.05, 4.69) is 15.2 Å². The van der Waals surface area contributed by atoms with Crippen molar-refractivity contribution < 1.29 is 58.7 Å². The normalized spacial score (nSPS) is 17.7. The van der Waals surface area contributed by atoms with Crippen molar-refractivity contribution in [2.75, 3.05) is 13.7 Å². The second kappa shape index (κ2) is 10.3. The number of hydrogen-bond donors (Lipinski definition) is 1. The number of carbonyl (C=O) groups is 2. The Morgan fingerprint density at radius 3 is 2.02 bits per heavy atom. The molecule has 0 saturated carbocycles. The number of amides is 1. The van der Waals surface area contributed by atoms with Crippen molar-refractivity contribution in [3.63, 3.8) is 0 Å². The van der Waals surface area contributed by atoms with Crippen molar-refractivity contribution in [2.45, 2.75) is 30.6 Å². The number of methoxy groups -OCH3 is 1. The maximum Gasteiger partial charge on any atom is 0.435 e. The lowest BCUT2D eigenvalue weighted by Gasteiger charge is -2.30. The molecule has 1 aliphatic heterocycles. The van der Waals surface area contributed by atoms with Gasteiger partial charge in [0, 0.05) is 23.1 Å². The van der Waals surface area contributed by atoms with Gasteiger partial charge in [-0.15, -0.1) is 0 Å². The van der Waals surface area contributed by atoms with Crippen LogP contribution in [-0.4, -0.2) is 37.4 Å². The van der Waals surface area contributed by atoms with Crippen molar-refractivity contribution in [3.8, 4) is 0 Å². The lowest BCUT2D eigenvalue weighted by Crippen LogP contribution is -2.43. The number of nitrogens with zero attached hydrogens (tertiary/aromatic N) is 1. The molecule has 41 heavy (non-hydrogen) atoms. The predicted molar refractivity (Wildman–Crippen MR) is 125 cm³/mol. The summed E-state index contributed by atoms with van der Waals surface area (Å²) in [6.45, 7) is -0.475. The number of alkyl halides is 9. The molecule has 0 fully saturated rings. The molecule has 15 heteroatoms. The molecule has 0 aliphatic carbocycles. The topological polar surface area (TPSA) is 77.0 Å². The quantitative estimate of drug-likeness (QED) is 0.276. The summed E-state index contributed by atoms with van der Waals surface area (Å²) in [5.41, 5.74) is -9.45. The molecule has 1 amide bonds. The number of ether oxygens (including phenoxy) is 1. The van der Waals surface area contributed by atoms with Crippen LogP contribution < -0.4 is 5.32 Å². The van der Waals surface area contributed by atoms with Gasteiger partial charge in [-0.2, -0.15) is 39.5 Å². The van der Waals surface area contributed by atoms with E-state index in [0.717, 1.165) is 7.11 Å². The van der Waals surface area contributed by atoms with Gasteiger partial charge in [-0.1, -0.05) is 35.5 Å². The minimum atomic E-state index is -5.51. The molecule has 1 atom stereocenters. The number of carbonyl (C=O) groups excluding carboxylic acids is 2. The van der Waals surface area contributed by atoms with Gasteiger partial charge in [0.25, 0.3) is 11.5 Å². The number of benzene rings is 3. The van der Waals surface area contributed by atoms with Crippen molar-refractivity contribution in [3.05, 3.63) is 82.4 Å². The molecule has 0 saturated heterocycles. The first-order valence-corrected chi connectivity index (χ1v) is 11.5. The Bertz CT molecular complexity index is 1510. The molecule has 0 aromatic heterocycles. The van der Waals surface area contributed by atoms with Gasteiger partial charge in [-0.3, -0.25) is 9.59 Å². The molecule has 1 heterocycles. The molecule has 1 N–H and O–H groups in total. The number of hydrogen-bond acceptors (Lipinski definition) is 5. The Morgan fingerprint density at radius 2 is 1.49 bits per heavy atom. The van der Waals surface area contributed by atoms with E-state index in [-0.39, 0.29) is 40.1 Å². The first-order valence-electron chi connectivity index (χ1n) is 11.5. The highest BCUT2D eigenvalue weighted by atomic mass is 19.4. The zero-order valence-electron chi connectivity index (χ0n) is 20.6. The largest absolute Gasteiger partial charge is 0.468 e. The van der Waals surface area contributed by atoms with Crippen LogP contribution in [0.1, 0.15) is 39.0 Å². The fourth-order valence-corrected chi connectivity index (χ4v) is 4.30. The number of nitrogens with one attached hydrogen (secondary N) is 1. The van der Waals surface area contributed by atoms with E-state index in [4.69, 9.17) is 4.84 Å².